The van der Waals surface area contributed by atoms with Crippen LogP contribution >= 0.6 is 11.6 Å². The minimum Gasteiger partial charge on any atom is -0.292 e. The first kappa shape index (κ1) is 21.2. The van der Waals surface area contributed by atoms with Crippen molar-refractivity contribution in [2.45, 2.75) is 26.2 Å². The van der Waals surface area contributed by atoms with E-state index >= 15 is 0 Å². The summed E-state index contributed by atoms with van der Waals surface area (Å²) in [5, 5.41) is 2.07. The van der Waals surface area contributed by atoms with Crippen molar-refractivity contribution in [1.29, 1.82) is 0 Å². The van der Waals surface area contributed by atoms with Crippen molar-refractivity contribution in [3.05, 3.63) is 70.7 Å². The van der Waals surface area contributed by atoms with Gasteiger partial charge in [0.2, 0.25) is 0 Å². The molecule has 0 radical (unpaired) electrons. The highest BCUT2D eigenvalue weighted by atomic mass is 35.5. The Kier molecular flexibility index (Phi) is 5.92. The maximum absolute atomic E-state index is 13.4. The van der Waals surface area contributed by atoms with E-state index in [1.165, 1.54) is 6.07 Å². The first-order valence-corrected chi connectivity index (χ1v) is 10.8. The largest absolute Gasteiger partial charge is 0.292 e. The molecule has 0 N–H and O–H groups in total. The van der Waals surface area contributed by atoms with Crippen LogP contribution in [0, 0.1) is 17.8 Å². The van der Waals surface area contributed by atoms with E-state index < -0.39 is 36.1 Å². The number of hydrogen-bond donors (Lipinski definition) is 0. The molecule has 7 heteroatoms. The van der Waals surface area contributed by atoms with Crippen molar-refractivity contribution in [3.63, 3.8) is 0 Å². The van der Waals surface area contributed by atoms with E-state index in [-0.39, 0.29) is 16.4 Å². The molecule has 4 rings (SSSR count). The molecule has 2 aromatic carbocycles. The number of Topliss-reactive ketones (excluding diaryl/α,β-unsaturated/α-hetero) is 1. The van der Waals surface area contributed by atoms with Crippen LogP contribution < -0.4 is 0 Å². The van der Waals surface area contributed by atoms with Crippen molar-refractivity contribution in [2.75, 3.05) is 6.54 Å². The monoisotopic (exact) mass is 438 g/mol. The molecule has 1 heterocycles. The molecule has 2 aromatic rings. The summed E-state index contributed by atoms with van der Waals surface area (Å²) < 4.78 is 0. The first-order valence-electron chi connectivity index (χ1n) is 10.4. The maximum Gasteiger partial charge on any atom is 0.274 e. The zero-order chi connectivity index (χ0) is 22.1. The van der Waals surface area contributed by atoms with Gasteiger partial charge in [-0.05, 0) is 37.3 Å². The van der Waals surface area contributed by atoms with Crippen molar-refractivity contribution < 1.29 is 19.2 Å². The van der Waals surface area contributed by atoms with Crippen LogP contribution in [0.3, 0.4) is 0 Å². The quantitative estimate of drug-likeness (QED) is 0.522. The number of carbonyl (C=O) groups excluding carboxylic acids is 4. The molecule has 1 saturated heterocycles. The predicted octanol–water partition coefficient (Wildman–Crippen LogP) is 4.00. The van der Waals surface area contributed by atoms with Crippen molar-refractivity contribution in [2.24, 2.45) is 17.8 Å². The summed E-state index contributed by atoms with van der Waals surface area (Å²) in [6.45, 7) is 1.63. The van der Waals surface area contributed by atoms with Crippen LogP contribution in [0.15, 0.2) is 54.6 Å². The minimum atomic E-state index is -0.650. The van der Waals surface area contributed by atoms with E-state index in [2.05, 4.69) is 6.92 Å². The van der Waals surface area contributed by atoms with Crippen LogP contribution in [0.1, 0.15) is 46.9 Å². The van der Waals surface area contributed by atoms with Gasteiger partial charge in [-0.15, -0.1) is 0 Å². The van der Waals surface area contributed by atoms with E-state index in [0.717, 1.165) is 16.4 Å². The molecule has 0 spiro atoms. The fourth-order valence-corrected chi connectivity index (χ4v) is 4.69. The number of fused-ring (bicyclic) bond motifs is 1. The molecule has 3 atom stereocenters. The normalized spacial score (nSPS) is 22.9. The summed E-state index contributed by atoms with van der Waals surface area (Å²) in [4.78, 5) is 52.8. The molecule has 31 heavy (non-hydrogen) atoms. The summed E-state index contributed by atoms with van der Waals surface area (Å²) in [5.41, 5.74) is 0.526. The third-order valence-electron chi connectivity index (χ3n) is 6.13. The summed E-state index contributed by atoms with van der Waals surface area (Å²) in [6.07, 6.45) is 2.07. The van der Waals surface area contributed by atoms with Gasteiger partial charge in [-0.25, -0.2) is 5.01 Å². The molecule has 1 aliphatic heterocycles. The van der Waals surface area contributed by atoms with Gasteiger partial charge in [0.1, 0.15) is 6.54 Å². The fourth-order valence-electron chi connectivity index (χ4n) is 4.47. The van der Waals surface area contributed by atoms with Gasteiger partial charge < -0.3 is 0 Å². The third kappa shape index (κ3) is 4.00. The highest BCUT2D eigenvalue weighted by Crippen LogP contribution is 2.41. The molecule has 6 nitrogen and oxygen atoms in total. The summed E-state index contributed by atoms with van der Waals surface area (Å²) in [7, 11) is 0. The Balaban J connectivity index is 1.71. The second kappa shape index (κ2) is 8.63. The maximum atomic E-state index is 13.4. The molecule has 0 bridgehead atoms. The number of nitrogens with zero attached hydrogens (tertiary/aromatic N) is 2. The van der Waals surface area contributed by atoms with Crippen LogP contribution in [-0.2, 0) is 9.59 Å². The van der Waals surface area contributed by atoms with Gasteiger partial charge in [0.05, 0.1) is 22.4 Å². The predicted molar refractivity (Wildman–Crippen MR) is 115 cm³/mol. The Morgan fingerprint density at radius 2 is 1.61 bits per heavy atom. The molecule has 2 fully saturated rings. The van der Waals surface area contributed by atoms with Crippen molar-refractivity contribution in [1.82, 2.24) is 10.0 Å². The molecule has 160 valence electrons. The number of carbonyl (C=O) groups is 4. The molecule has 2 aliphatic rings. The van der Waals surface area contributed by atoms with Crippen LogP contribution in [0.25, 0.3) is 0 Å². The highest BCUT2D eigenvalue weighted by Gasteiger charge is 2.52. The van der Waals surface area contributed by atoms with Crippen LogP contribution in [0.5, 0.6) is 0 Å². The smallest absolute Gasteiger partial charge is 0.274 e. The fraction of sp³-hybridized carbons (Fsp3) is 0.333. The van der Waals surface area contributed by atoms with Crippen molar-refractivity contribution in [3.8, 4) is 0 Å². The van der Waals surface area contributed by atoms with Gasteiger partial charge >= 0.3 is 0 Å². The zero-order valence-corrected chi connectivity index (χ0v) is 17.9. The second-order valence-electron chi connectivity index (χ2n) is 8.25. The van der Waals surface area contributed by atoms with Gasteiger partial charge in [0.15, 0.2) is 5.78 Å². The zero-order valence-electron chi connectivity index (χ0n) is 17.2. The van der Waals surface area contributed by atoms with Crippen molar-refractivity contribution >= 4 is 35.1 Å². The lowest BCUT2D eigenvalue weighted by atomic mass is 9.76. The lowest BCUT2D eigenvalue weighted by Gasteiger charge is -2.30. The standard InChI is InChI=1S/C24H23ClN2O4/c1-15-11-12-17-19(13-15)24(31)27(23(17)30)26(14-21(28)16-7-3-2-4-8-16)22(29)18-9-5-6-10-20(18)25/h2-10,15,17,19H,11-14H2,1H3/t15-,17+,19+/m1/s1. The molecular formula is C24H23ClN2O4. The topological polar surface area (TPSA) is 74.8 Å². The second-order valence-corrected chi connectivity index (χ2v) is 8.66. The summed E-state index contributed by atoms with van der Waals surface area (Å²) >= 11 is 6.22. The minimum absolute atomic E-state index is 0.133. The van der Waals surface area contributed by atoms with Gasteiger partial charge in [-0.2, -0.15) is 5.01 Å². The molecule has 1 aliphatic carbocycles. The Hall–Kier alpha value is -2.99. The van der Waals surface area contributed by atoms with Crippen LogP contribution in [-0.4, -0.2) is 40.1 Å². The van der Waals surface area contributed by atoms with E-state index in [9.17, 15) is 19.2 Å². The number of hydrazine groups is 1. The molecule has 0 aromatic heterocycles. The first-order chi connectivity index (χ1) is 14.9. The number of amides is 3. The van der Waals surface area contributed by atoms with Crippen LogP contribution in [0.4, 0.5) is 0 Å². The van der Waals surface area contributed by atoms with Crippen LogP contribution in [0.2, 0.25) is 5.02 Å². The highest BCUT2D eigenvalue weighted by molar-refractivity contribution is 6.34. The number of imide groups is 1. The molecule has 1 saturated carbocycles. The average Bonchev–Trinajstić information content (AvgIpc) is 3.02. The summed E-state index contributed by atoms with van der Waals surface area (Å²) in [6, 6.07) is 14.9. The van der Waals surface area contributed by atoms with E-state index in [1.54, 1.807) is 48.5 Å². The SMILES string of the molecule is C[C@@H]1CC[C@@H]2C(=O)N(N(CC(=O)c3ccccc3)C(=O)c3ccccc3Cl)C(=O)[C@H]2C1. The molecule has 3 amide bonds. The lowest BCUT2D eigenvalue weighted by molar-refractivity contribution is -0.154. The number of hydrogen-bond acceptors (Lipinski definition) is 4. The Labute approximate surface area is 185 Å². The molecular weight excluding hydrogens is 416 g/mol. The number of halogens is 1. The van der Waals surface area contributed by atoms with E-state index in [1.807, 2.05) is 0 Å². The van der Waals surface area contributed by atoms with Gasteiger partial charge in [-0.3, -0.25) is 19.2 Å². The lowest BCUT2D eigenvalue weighted by Crippen LogP contribution is -2.52. The number of ketones is 1. The Morgan fingerprint density at radius 3 is 2.32 bits per heavy atom. The Morgan fingerprint density at radius 1 is 0.968 bits per heavy atom. The van der Waals surface area contributed by atoms with Gasteiger partial charge in [0, 0.05) is 5.56 Å². The summed E-state index contributed by atoms with van der Waals surface area (Å²) in [5.74, 6) is -2.42. The van der Waals surface area contributed by atoms with E-state index in [0.29, 0.717) is 24.3 Å². The molecule has 0 unspecified atom stereocenters. The number of rotatable bonds is 5. The Bertz CT molecular complexity index is 1040. The average molecular weight is 439 g/mol. The van der Waals surface area contributed by atoms with Gasteiger partial charge in [-0.1, -0.05) is 61.0 Å². The van der Waals surface area contributed by atoms with Gasteiger partial charge in [0.25, 0.3) is 17.7 Å². The number of benzene rings is 2. The van der Waals surface area contributed by atoms with E-state index in [4.69, 9.17) is 11.6 Å². The third-order valence-corrected chi connectivity index (χ3v) is 6.46.